The van der Waals surface area contributed by atoms with Gasteiger partial charge in [-0.2, -0.15) is 0 Å². The van der Waals surface area contributed by atoms with Crippen molar-refractivity contribution < 1.29 is 14.3 Å². The van der Waals surface area contributed by atoms with E-state index in [0.717, 1.165) is 9.80 Å². The van der Waals surface area contributed by atoms with Crippen LogP contribution in [0.25, 0.3) is 0 Å². The normalized spacial score (nSPS) is 13.7. The number of benzene rings is 3. The van der Waals surface area contributed by atoms with Crippen LogP contribution in [-0.4, -0.2) is 18.4 Å². The summed E-state index contributed by atoms with van der Waals surface area (Å²) in [5.41, 5.74) is 1.31. The largest absolute Gasteiger partial charge is 0.494 e. The summed E-state index contributed by atoms with van der Waals surface area (Å²) in [7, 11) is 0. The second-order valence-corrected chi connectivity index (χ2v) is 8.72. The summed E-state index contributed by atoms with van der Waals surface area (Å²) in [6.07, 6.45) is 0. The van der Waals surface area contributed by atoms with Crippen LogP contribution >= 0.6 is 35.0 Å². The summed E-state index contributed by atoms with van der Waals surface area (Å²) in [6, 6.07) is 20.8. The fourth-order valence-corrected chi connectivity index (χ4v) is 4.28. The molecule has 1 heterocycles. The molecule has 1 aliphatic rings. The third kappa shape index (κ3) is 4.78. The smallest absolute Gasteiger partial charge is 0.283 e. The predicted octanol–water partition coefficient (Wildman–Crippen LogP) is 6.38. The highest BCUT2D eigenvalue weighted by atomic mass is 35.5. The number of anilines is 2. The van der Waals surface area contributed by atoms with Gasteiger partial charge in [-0.3, -0.25) is 9.59 Å². The van der Waals surface area contributed by atoms with Crippen LogP contribution in [0.3, 0.4) is 0 Å². The highest BCUT2D eigenvalue weighted by Crippen LogP contribution is 2.38. The monoisotopic (exact) mass is 484 g/mol. The molecular weight excluding hydrogens is 467 g/mol. The summed E-state index contributed by atoms with van der Waals surface area (Å²) >= 11 is 13.2. The molecule has 3 aromatic carbocycles. The number of ether oxygens (including phenoxy) is 1. The standard InChI is InChI=1S/C24H18Cl2N2O3S/c1-2-31-19-11-9-18(10-12-19)28-23(29)21(27-17-7-3-15(25)4-8-17)22(24(28)30)32-20-13-5-16(26)6-14-20/h3-14,27H,2H2,1H3. The minimum Gasteiger partial charge on any atom is -0.494 e. The van der Waals surface area contributed by atoms with Gasteiger partial charge < -0.3 is 10.1 Å². The molecule has 0 atom stereocenters. The van der Waals surface area contributed by atoms with Crippen LogP contribution in [0.15, 0.2) is 88.3 Å². The number of hydrogen-bond donors (Lipinski definition) is 1. The summed E-state index contributed by atoms with van der Waals surface area (Å²) in [5.74, 6) is -0.181. The lowest BCUT2D eigenvalue weighted by molar-refractivity contribution is -0.120. The number of nitrogens with zero attached hydrogens (tertiary/aromatic N) is 1. The average Bonchev–Trinajstić information content (AvgIpc) is 3.01. The van der Waals surface area contributed by atoms with Gasteiger partial charge in [-0.1, -0.05) is 35.0 Å². The Kier molecular flexibility index (Phi) is 6.74. The number of amides is 2. The van der Waals surface area contributed by atoms with E-state index in [9.17, 15) is 9.59 Å². The first-order valence-electron chi connectivity index (χ1n) is 9.78. The maximum atomic E-state index is 13.4. The molecule has 0 saturated carbocycles. The number of carbonyl (C=O) groups excluding carboxylic acids is 2. The van der Waals surface area contributed by atoms with Gasteiger partial charge in [0.2, 0.25) is 0 Å². The van der Waals surface area contributed by atoms with Crippen molar-refractivity contribution in [2.45, 2.75) is 11.8 Å². The van der Waals surface area contributed by atoms with E-state index in [2.05, 4.69) is 5.32 Å². The van der Waals surface area contributed by atoms with Crippen LogP contribution in [0.1, 0.15) is 6.92 Å². The quantitative estimate of drug-likeness (QED) is 0.394. The molecule has 0 unspecified atom stereocenters. The van der Waals surface area contributed by atoms with Crippen molar-refractivity contribution in [2.75, 3.05) is 16.8 Å². The van der Waals surface area contributed by atoms with Gasteiger partial charge in [0.15, 0.2) is 0 Å². The van der Waals surface area contributed by atoms with Crippen LogP contribution in [0.5, 0.6) is 5.75 Å². The zero-order valence-electron chi connectivity index (χ0n) is 17.0. The van der Waals surface area contributed by atoms with Crippen molar-refractivity contribution in [2.24, 2.45) is 0 Å². The average molecular weight is 485 g/mol. The van der Waals surface area contributed by atoms with Gasteiger partial charge in [0.1, 0.15) is 16.4 Å². The summed E-state index contributed by atoms with van der Waals surface area (Å²) in [5, 5.41) is 4.26. The lowest BCUT2D eigenvalue weighted by Gasteiger charge is -2.16. The van der Waals surface area contributed by atoms with Gasteiger partial charge in [-0.15, -0.1) is 0 Å². The van der Waals surface area contributed by atoms with Gasteiger partial charge in [0, 0.05) is 20.6 Å². The van der Waals surface area contributed by atoms with Crippen LogP contribution < -0.4 is 15.0 Å². The molecule has 2 amide bonds. The lowest BCUT2D eigenvalue weighted by atomic mass is 10.2. The molecule has 0 aliphatic carbocycles. The van der Waals surface area contributed by atoms with E-state index < -0.39 is 11.8 Å². The zero-order valence-corrected chi connectivity index (χ0v) is 19.3. The van der Waals surface area contributed by atoms with E-state index in [4.69, 9.17) is 27.9 Å². The second kappa shape index (κ2) is 9.69. The Labute approximate surface area is 200 Å². The number of hydrogen-bond acceptors (Lipinski definition) is 5. The fourth-order valence-electron chi connectivity index (χ4n) is 3.11. The molecule has 8 heteroatoms. The van der Waals surface area contributed by atoms with E-state index in [-0.39, 0.29) is 5.70 Å². The van der Waals surface area contributed by atoms with Gasteiger partial charge >= 0.3 is 0 Å². The molecule has 0 aromatic heterocycles. The number of imide groups is 1. The van der Waals surface area contributed by atoms with E-state index in [0.29, 0.717) is 38.7 Å². The minimum atomic E-state index is -0.439. The van der Waals surface area contributed by atoms with Gasteiger partial charge in [0.25, 0.3) is 11.8 Å². The zero-order chi connectivity index (χ0) is 22.7. The molecule has 0 bridgehead atoms. The summed E-state index contributed by atoms with van der Waals surface area (Å²) < 4.78 is 5.46. The SMILES string of the molecule is CCOc1ccc(N2C(=O)C(Nc3ccc(Cl)cc3)=C(Sc3ccc(Cl)cc3)C2=O)cc1. The first-order chi connectivity index (χ1) is 15.5. The van der Waals surface area contributed by atoms with Gasteiger partial charge in [-0.05, 0) is 79.7 Å². The molecule has 5 nitrogen and oxygen atoms in total. The molecule has 0 fully saturated rings. The molecule has 1 aliphatic heterocycles. The highest BCUT2D eigenvalue weighted by molar-refractivity contribution is 8.04. The molecule has 1 N–H and O–H groups in total. The van der Waals surface area contributed by atoms with E-state index >= 15 is 0 Å². The minimum absolute atomic E-state index is 0.200. The Bertz CT molecular complexity index is 1110. The number of carbonyl (C=O) groups is 2. The molecule has 4 rings (SSSR count). The molecule has 0 spiro atoms. The fraction of sp³-hybridized carbons (Fsp3) is 0.0833. The first kappa shape index (κ1) is 22.3. The molecular formula is C24H18Cl2N2O3S. The number of thioether (sulfide) groups is 1. The van der Waals surface area contributed by atoms with Crippen molar-refractivity contribution in [3.05, 3.63) is 93.4 Å². The van der Waals surface area contributed by atoms with Crippen molar-refractivity contribution >= 4 is 58.2 Å². The Morgan fingerprint density at radius 1 is 0.844 bits per heavy atom. The van der Waals surface area contributed by atoms with E-state index in [1.807, 2.05) is 6.92 Å². The second-order valence-electron chi connectivity index (χ2n) is 6.76. The van der Waals surface area contributed by atoms with Crippen LogP contribution in [0.4, 0.5) is 11.4 Å². The van der Waals surface area contributed by atoms with Gasteiger partial charge in [-0.25, -0.2) is 4.90 Å². The maximum Gasteiger partial charge on any atom is 0.283 e. The molecule has 3 aromatic rings. The third-order valence-electron chi connectivity index (χ3n) is 4.59. The molecule has 0 saturated heterocycles. The Hall–Kier alpha value is -2.93. The molecule has 0 radical (unpaired) electrons. The Morgan fingerprint density at radius 3 is 2.03 bits per heavy atom. The third-order valence-corrected chi connectivity index (χ3v) is 6.19. The Balaban J connectivity index is 1.69. The number of halogens is 2. The summed E-state index contributed by atoms with van der Waals surface area (Å²) in [6.45, 7) is 2.42. The first-order valence-corrected chi connectivity index (χ1v) is 11.4. The van der Waals surface area contributed by atoms with Crippen LogP contribution in [0.2, 0.25) is 10.0 Å². The molecule has 162 valence electrons. The summed E-state index contributed by atoms with van der Waals surface area (Å²) in [4.78, 5) is 28.9. The van der Waals surface area contributed by atoms with Gasteiger partial charge in [0.05, 0.1) is 12.3 Å². The van der Waals surface area contributed by atoms with Crippen LogP contribution in [0, 0.1) is 0 Å². The lowest BCUT2D eigenvalue weighted by Crippen LogP contribution is -2.32. The predicted molar refractivity (Wildman–Crippen MR) is 130 cm³/mol. The topological polar surface area (TPSA) is 58.6 Å². The van der Waals surface area contributed by atoms with Crippen LogP contribution in [-0.2, 0) is 9.59 Å². The van der Waals surface area contributed by atoms with E-state index in [1.165, 1.54) is 11.8 Å². The molecule has 32 heavy (non-hydrogen) atoms. The van der Waals surface area contributed by atoms with Crippen molar-refractivity contribution in [1.82, 2.24) is 0 Å². The number of nitrogens with one attached hydrogen (secondary N) is 1. The van der Waals surface area contributed by atoms with Crippen molar-refractivity contribution in [3.63, 3.8) is 0 Å². The maximum absolute atomic E-state index is 13.4. The highest BCUT2D eigenvalue weighted by Gasteiger charge is 2.40. The van der Waals surface area contributed by atoms with Crippen molar-refractivity contribution in [1.29, 1.82) is 0 Å². The van der Waals surface area contributed by atoms with Crippen molar-refractivity contribution in [3.8, 4) is 5.75 Å². The number of rotatable bonds is 7. The Morgan fingerprint density at radius 2 is 1.44 bits per heavy atom. The van der Waals surface area contributed by atoms with E-state index in [1.54, 1.807) is 72.8 Å².